The lowest BCUT2D eigenvalue weighted by atomic mass is 10.2. The highest BCUT2D eigenvalue weighted by molar-refractivity contribution is 5.76. The third-order valence-corrected chi connectivity index (χ3v) is 4.00. The van der Waals surface area contributed by atoms with Crippen LogP contribution in [0.4, 0.5) is 0 Å². The number of rotatable bonds is 7. The van der Waals surface area contributed by atoms with Crippen molar-refractivity contribution in [1.82, 2.24) is 25.3 Å². The molecule has 2 amide bonds. The number of carbonyl (C=O) groups excluding carboxylic acids is 2. The predicted molar refractivity (Wildman–Crippen MR) is 83.4 cm³/mol. The average Bonchev–Trinajstić information content (AvgIpc) is 3.11. The Morgan fingerprint density at radius 3 is 2.87 bits per heavy atom. The first-order valence-corrected chi connectivity index (χ1v) is 8.05. The van der Waals surface area contributed by atoms with E-state index in [0.29, 0.717) is 31.2 Å². The van der Waals surface area contributed by atoms with Gasteiger partial charge in [-0.2, -0.15) is 4.98 Å². The second-order valence-corrected chi connectivity index (χ2v) is 5.82. The zero-order valence-electron chi connectivity index (χ0n) is 14.0. The molecule has 1 fully saturated rings. The van der Waals surface area contributed by atoms with Gasteiger partial charge in [0.25, 0.3) is 0 Å². The van der Waals surface area contributed by atoms with Gasteiger partial charge in [-0.05, 0) is 13.3 Å². The summed E-state index contributed by atoms with van der Waals surface area (Å²) in [5.41, 5.74) is 0. The van der Waals surface area contributed by atoms with Crippen LogP contribution in [0.15, 0.2) is 4.52 Å². The van der Waals surface area contributed by atoms with Crippen LogP contribution in [0, 0.1) is 6.92 Å². The average molecular weight is 323 g/mol. The van der Waals surface area contributed by atoms with Crippen LogP contribution in [0.3, 0.4) is 0 Å². The lowest BCUT2D eigenvalue weighted by Gasteiger charge is -2.27. The number of amides is 2. The molecule has 23 heavy (non-hydrogen) atoms. The van der Waals surface area contributed by atoms with Crippen LogP contribution < -0.4 is 5.32 Å². The third-order valence-electron chi connectivity index (χ3n) is 4.00. The standard InChI is InChI=1S/C15H25N5O3/c1-4-16-15(22)6-8-19-7-5-13(9-19)20(12(3)21)10-14-17-11(2)23-18-14/h13H,4-10H2,1-3H3,(H,16,22). The Balaban J connectivity index is 1.86. The van der Waals surface area contributed by atoms with Crippen LogP contribution in [-0.4, -0.2) is 64.0 Å². The van der Waals surface area contributed by atoms with Gasteiger partial charge >= 0.3 is 0 Å². The van der Waals surface area contributed by atoms with Crippen molar-refractivity contribution in [1.29, 1.82) is 0 Å². The van der Waals surface area contributed by atoms with Crippen molar-refractivity contribution in [3.05, 3.63) is 11.7 Å². The molecule has 1 aromatic heterocycles. The fourth-order valence-corrected chi connectivity index (χ4v) is 2.87. The topological polar surface area (TPSA) is 91.6 Å². The number of aromatic nitrogens is 2. The molecule has 1 unspecified atom stereocenters. The highest BCUT2D eigenvalue weighted by Crippen LogP contribution is 2.18. The minimum atomic E-state index is 0.00280. The fourth-order valence-electron chi connectivity index (χ4n) is 2.87. The highest BCUT2D eigenvalue weighted by Gasteiger charge is 2.30. The summed E-state index contributed by atoms with van der Waals surface area (Å²) >= 11 is 0. The largest absolute Gasteiger partial charge is 0.356 e. The maximum Gasteiger partial charge on any atom is 0.223 e. The molecule has 1 saturated heterocycles. The van der Waals surface area contributed by atoms with Crippen molar-refractivity contribution in [2.75, 3.05) is 26.2 Å². The van der Waals surface area contributed by atoms with Crippen molar-refractivity contribution in [2.24, 2.45) is 0 Å². The molecule has 1 atom stereocenters. The Hall–Kier alpha value is -1.96. The van der Waals surface area contributed by atoms with Gasteiger partial charge in [-0.25, -0.2) is 0 Å². The number of likely N-dealkylation sites (tertiary alicyclic amines) is 1. The first-order chi connectivity index (χ1) is 11.0. The molecule has 2 rings (SSSR count). The molecule has 8 heteroatoms. The van der Waals surface area contributed by atoms with Crippen LogP contribution in [0.1, 0.15) is 38.4 Å². The van der Waals surface area contributed by atoms with E-state index in [0.717, 1.165) is 26.1 Å². The quantitative estimate of drug-likeness (QED) is 0.777. The van der Waals surface area contributed by atoms with Gasteiger partial charge in [-0.15, -0.1) is 0 Å². The van der Waals surface area contributed by atoms with Gasteiger partial charge < -0.3 is 19.6 Å². The first kappa shape index (κ1) is 17.4. The second-order valence-electron chi connectivity index (χ2n) is 5.82. The summed E-state index contributed by atoms with van der Waals surface area (Å²) in [6.45, 7) is 8.60. The van der Waals surface area contributed by atoms with Crippen molar-refractivity contribution >= 4 is 11.8 Å². The van der Waals surface area contributed by atoms with E-state index in [2.05, 4.69) is 20.4 Å². The van der Waals surface area contributed by atoms with Gasteiger partial charge in [-0.3, -0.25) is 9.59 Å². The molecule has 0 saturated carbocycles. The maximum atomic E-state index is 12.0. The van der Waals surface area contributed by atoms with E-state index in [1.54, 1.807) is 18.7 Å². The van der Waals surface area contributed by atoms with E-state index >= 15 is 0 Å². The van der Waals surface area contributed by atoms with Crippen molar-refractivity contribution in [2.45, 2.75) is 46.2 Å². The Bertz CT molecular complexity index is 545. The molecular formula is C15H25N5O3. The second kappa shape index (κ2) is 8.05. The van der Waals surface area contributed by atoms with Gasteiger partial charge in [0.1, 0.15) is 0 Å². The van der Waals surface area contributed by atoms with E-state index in [-0.39, 0.29) is 17.9 Å². The SMILES string of the molecule is CCNC(=O)CCN1CCC(N(Cc2noc(C)n2)C(C)=O)C1. The molecular weight excluding hydrogens is 298 g/mol. The van der Waals surface area contributed by atoms with Crippen LogP contribution in [0.5, 0.6) is 0 Å². The number of nitrogens with zero attached hydrogens (tertiary/aromatic N) is 4. The van der Waals surface area contributed by atoms with Crippen LogP contribution in [-0.2, 0) is 16.1 Å². The monoisotopic (exact) mass is 323 g/mol. The Kier molecular flexibility index (Phi) is 6.09. The number of carbonyl (C=O) groups is 2. The Morgan fingerprint density at radius 1 is 1.48 bits per heavy atom. The fraction of sp³-hybridized carbons (Fsp3) is 0.733. The van der Waals surface area contributed by atoms with E-state index < -0.39 is 0 Å². The van der Waals surface area contributed by atoms with Gasteiger partial charge in [0.2, 0.25) is 17.7 Å². The molecule has 128 valence electrons. The molecule has 1 aliphatic heterocycles. The Morgan fingerprint density at radius 2 is 2.26 bits per heavy atom. The minimum Gasteiger partial charge on any atom is -0.356 e. The molecule has 0 spiro atoms. The number of nitrogens with one attached hydrogen (secondary N) is 1. The molecule has 8 nitrogen and oxygen atoms in total. The normalized spacial score (nSPS) is 18.1. The van der Waals surface area contributed by atoms with Crippen LogP contribution >= 0.6 is 0 Å². The zero-order chi connectivity index (χ0) is 16.8. The van der Waals surface area contributed by atoms with Gasteiger partial charge in [0, 0.05) is 52.5 Å². The molecule has 1 aromatic rings. The van der Waals surface area contributed by atoms with Crippen molar-refractivity contribution < 1.29 is 14.1 Å². The molecule has 2 heterocycles. The van der Waals surface area contributed by atoms with Crippen molar-refractivity contribution in [3.8, 4) is 0 Å². The van der Waals surface area contributed by atoms with Gasteiger partial charge in [-0.1, -0.05) is 5.16 Å². The maximum absolute atomic E-state index is 12.0. The number of hydrogen-bond acceptors (Lipinski definition) is 6. The summed E-state index contributed by atoms with van der Waals surface area (Å²) in [6, 6.07) is 0.126. The summed E-state index contributed by atoms with van der Waals surface area (Å²) < 4.78 is 4.96. The van der Waals surface area contributed by atoms with Gasteiger partial charge in [0.05, 0.1) is 6.54 Å². The van der Waals surface area contributed by atoms with Crippen LogP contribution in [0.25, 0.3) is 0 Å². The first-order valence-electron chi connectivity index (χ1n) is 8.05. The molecule has 1 aliphatic rings. The lowest BCUT2D eigenvalue weighted by molar-refractivity contribution is -0.131. The van der Waals surface area contributed by atoms with E-state index in [9.17, 15) is 9.59 Å². The number of aryl methyl sites for hydroxylation is 1. The summed E-state index contributed by atoms with van der Waals surface area (Å²) in [7, 11) is 0. The van der Waals surface area contributed by atoms with E-state index in [1.807, 2.05) is 6.92 Å². The highest BCUT2D eigenvalue weighted by atomic mass is 16.5. The van der Waals surface area contributed by atoms with Gasteiger partial charge in [0.15, 0.2) is 5.82 Å². The molecule has 0 aliphatic carbocycles. The smallest absolute Gasteiger partial charge is 0.223 e. The predicted octanol–water partition coefficient (Wildman–Crippen LogP) is 0.327. The molecule has 0 bridgehead atoms. The minimum absolute atomic E-state index is 0.00280. The van der Waals surface area contributed by atoms with E-state index in [1.165, 1.54) is 0 Å². The summed E-state index contributed by atoms with van der Waals surface area (Å²) in [5, 5.41) is 6.66. The van der Waals surface area contributed by atoms with E-state index in [4.69, 9.17) is 4.52 Å². The van der Waals surface area contributed by atoms with Crippen LogP contribution in [0.2, 0.25) is 0 Å². The van der Waals surface area contributed by atoms with Crippen molar-refractivity contribution in [3.63, 3.8) is 0 Å². The molecule has 0 aromatic carbocycles. The summed E-state index contributed by atoms with van der Waals surface area (Å²) in [4.78, 5) is 31.7. The third kappa shape index (κ3) is 5.02. The Labute approximate surface area is 136 Å². The molecule has 0 radical (unpaired) electrons. The summed E-state index contributed by atoms with van der Waals surface area (Å²) in [5.74, 6) is 1.10. The zero-order valence-corrected chi connectivity index (χ0v) is 14.0. The lowest BCUT2D eigenvalue weighted by Crippen LogP contribution is -2.41. The summed E-state index contributed by atoms with van der Waals surface area (Å²) in [6.07, 6.45) is 1.39. The molecule has 1 N–H and O–H groups in total. The number of hydrogen-bond donors (Lipinski definition) is 1.